The second kappa shape index (κ2) is 4.63. The smallest absolute Gasteiger partial charge is 0.309 e. The number of carbonyl (C=O) groups is 1. The lowest BCUT2D eigenvalue weighted by atomic mass is 9.91. The molecule has 0 saturated carbocycles. The van der Waals surface area contributed by atoms with E-state index in [1.54, 1.807) is 30.3 Å². The van der Waals surface area contributed by atoms with E-state index in [2.05, 4.69) is 10.7 Å². The fraction of sp³-hybridized carbons (Fsp3) is 0.250. The summed E-state index contributed by atoms with van der Waals surface area (Å²) in [4.78, 5) is 11.1. The minimum atomic E-state index is -1.59. The van der Waals surface area contributed by atoms with Crippen LogP contribution in [0.5, 0.6) is 0 Å². The Morgan fingerprint density at radius 2 is 2.13 bits per heavy atom. The molecule has 1 atom stereocenters. The summed E-state index contributed by atoms with van der Waals surface area (Å²) in [6, 6.07) is 8.63. The van der Waals surface area contributed by atoms with Gasteiger partial charge in [0.25, 0.3) is 0 Å². The summed E-state index contributed by atoms with van der Waals surface area (Å²) < 4.78 is 4.47. The fourth-order valence-corrected chi connectivity index (χ4v) is 1.23. The Morgan fingerprint density at radius 1 is 1.53 bits per heavy atom. The molecule has 0 spiro atoms. The Kier molecular flexibility index (Phi) is 3.48. The van der Waals surface area contributed by atoms with Crippen LogP contribution >= 0.6 is 0 Å². The Labute approximate surface area is 88.7 Å². The molecule has 0 fully saturated rings. The van der Waals surface area contributed by atoms with Gasteiger partial charge >= 0.3 is 5.97 Å². The summed E-state index contributed by atoms with van der Waals surface area (Å²) in [6.07, 6.45) is 4.99. The van der Waals surface area contributed by atoms with Crippen LogP contribution in [0.25, 0.3) is 0 Å². The molecule has 3 heteroatoms. The number of hydrogen-bond donors (Lipinski definition) is 1. The molecule has 0 aliphatic rings. The Bertz CT molecular complexity index is 378. The van der Waals surface area contributed by atoms with Gasteiger partial charge in [-0.3, -0.25) is 4.79 Å². The lowest BCUT2D eigenvalue weighted by Crippen LogP contribution is -2.27. The van der Waals surface area contributed by atoms with Crippen molar-refractivity contribution < 1.29 is 14.6 Å². The van der Waals surface area contributed by atoms with Crippen LogP contribution < -0.4 is 0 Å². The molecule has 0 bridgehead atoms. The number of esters is 1. The van der Waals surface area contributed by atoms with Crippen molar-refractivity contribution in [2.45, 2.75) is 12.0 Å². The first-order chi connectivity index (χ1) is 7.12. The van der Waals surface area contributed by atoms with Gasteiger partial charge in [0.05, 0.1) is 13.5 Å². The third kappa shape index (κ3) is 2.58. The molecular formula is C12H12O3. The van der Waals surface area contributed by atoms with Gasteiger partial charge in [-0.25, -0.2) is 0 Å². The molecule has 1 unspecified atom stereocenters. The van der Waals surface area contributed by atoms with Crippen molar-refractivity contribution >= 4 is 5.97 Å². The number of ether oxygens (including phenoxy) is 1. The Morgan fingerprint density at radius 3 is 2.60 bits per heavy atom. The highest BCUT2D eigenvalue weighted by Gasteiger charge is 2.30. The monoisotopic (exact) mass is 204 g/mol. The maximum Gasteiger partial charge on any atom is 0.309 e. The zero-order valence-corrected chi connectivity index (χ0v) is 8.43. The molecule has 0 saturated heterocycles. The van der Waals surface area contributed by atoms with Gasteiger partial charge in [0, 0.05) is 0 Å². The number of aliphatic hydroxyl groups is 1. The molecule has 1 N–H and O–H groups in total. The lowest BCUT2D eigenvalue weighted by molar-refractivity contribution is -0.144. The Hall–Kier alpha value is -1.79. The van der Waals surface area contributed by atoms with E-state index in [0.29, 0.717) is 5.56 Å². The molecule has 0 radical (unpaired) electrons. The highest BCUT2D eigenvalue weighted by Crippen LogP contribution is 2.24. The maximum absolute atomic E-state index is 11.1. The van der Waals surface area contributed by atoms with Gasteiger partial charge in [0.15, 0.2) is 5.60 Å². The molecular weight excluding hydrogens is 192 g/mol. The van der Waals surface area contributed by atoms with E-state index >= 15 is 0 Å². The zero-order chi connectivity index (χ0) is 11.3. The molecule has 1 aromatic rings. The van der Waals surface area contributed by atoms with Crippen molar-refractivity contribution in [3.8, 4) is 12.3 Å². The van der Waals surface area contributed by atoms with E-state index < -0.39 is 11.6 Å². The summed E-state index contributed by atoms with van der Waals surface area (Å²) in [7, 11) is 1.25. The highest BCUT2D eigenvalue weighted by molar-refractivity contribution is 5.71. The normalized spacial score (nSPS) is 13.7. The predicted molar refractivity (Wildman–Crippen MR) is 55.8 cm³/mol. The van der Waals surface area contributed by atoms with Crippen LogP contribution in [-0.2, 0) is 15.1 Å². The number of rotatable bonds is 3. The zero-order valence-electron chi connectivity index (χ0n) is 8.43. The number of methoxy groups -OCH3 is 1. The van der Waals surface area contributed by atoms with E-state index in [0.717, 1.165) is 0 Å². The first-order valence-electron chi connectivity index (χ1n) is 4.45. The molecule has 3 nitrogen and oxygen atoms in total. The molecule has 1 rings (SSSR count). The summed E-state index contributed by atoms with van der Waals surface area (Å²) in [5.74, 6) is 1.67. The second-order valence-corrected chi connectivity index (χ2v) is 3.12. The number of terminal acetylenes is 1. The van der Waals surface area contributed by atoms with E-state index in [4.69, 9.17) is 6.42 Å². The second-order valence-electron chi connectivity index (χ2n) is 3.12. The molecule has 15 heavy (non-hydrogen) atoms. The average molecular weight is 204 g/mol. The van der Waals surface area contributed by atoms with Crippen molar-refractivity contribution in [1.82, 2.24) is 0 Å². The van der Waals surface area contributed by atoms with Gasteiger partial charge in [-0.2, -0.15) is 0 Å². The summed E-state index contributed by atoms with van der Waals surface area (Å²) in [5, 5.41) is 10.1. The van der Waals surface area contributed by atoms with Gasteiger partial charge < -0.3 is 9.84 Å². The molecule has 0 aliphatic heterocycles. The third-order valence-electron chi connectivity index (χ3n) is 2.12. The van der Waals surface area contributed by atoms with Crippen molar-refractivity contribution in [3.63, 3.8) is 0 Å². The number of carbonyl (C=O) groups excluding carboxylic acids is 1. The van der Waals surface area contributed by atoms with Crippen LogP contribution in [0.1, 0.15) is 12.0 Å². The van der Waals surface area contributed by atoms with Gasteiger partial charge in [0.2, 0.25) is 0 Å². The van der Waals surface area contributed by atoms with Crippen LogP contribution in [0.3, 0.4) is 0 Å². The van der Waals surface area contributed by atoms with E-state index in [9.17, 15) is 9.90 Å². The van der Waals surface area contributed by atoms with Crippen molar-refractivity contribution in [2.75, 3.05) is 7.11 Å². The molecule has 0 aliphatic carbocycles. The minimum absolute atomic E-state index is 0.246. The van der Waals surface area contributed by atoms with Gasteiger partial charge in [-0.05, 0) is 5.56 Å². The maximum atomic E-state index is 11.1. The summed E-state index contributed by atoms with van der Waals surface area (Å²) >= 11 is 0. The highest BCUT2D eigenvalue weighted by atomic mass is 16.5. The van der Waals surface area contributed by atoms with Crippen LogP contribution in [0, 0.1) is 12.3 Å². The van der Waals surface area contributed by atoms with E-state index in [1.807, 2.05) is 0 Å². The quantitative estimate of drug-likeness (QED) is 0.591. The third-order valence-corrected chi connectivity index (χ3v) is 2.12. The molecule has 78 valence electrons. The molecule has 0 heterocycles. The van der Waals surface area contributed by atoms with Crippen LogP contribution in [0.15, 0.2) is 30.3 Å². The largest absolute Gasteiger partial charge is 0.469 e. The standard InChI is InChI=1S/C12H12O3/c1-3-12(14,9-11(13)15-2)10-7-5-4-6-8-10/h1,4-8,14H,9H2,2H3. The number of hydrogen-bond acceptors (Lipinski definition) is 3. The lowest BCUT2D eigenvalue weighted by Gasteiger charge is -2.20. The number of benzene rings is 1. The van der Waals surface area contributed by atoms with E-state index in [-0.39, 0.29) is 6.42 Å². The van der Waals surface area contributed by atoms with Crippen molar-refractivity contribution in [1.29, 1.82) is 0 Å². The Balaban J connectivity index is 2.97. The molecule has 0 aromatic heterocycles. The molecule has 1 aromatic carbocycles. The first-order valence-corrected chi connectivity index (χ1v) is 4.45. The van der Waals surface area contributed by atoms with Crippen LogP contribution in [0.2, 0.25) is 0 Å². The topological polar surface area (TPSA) is 46.5 Å². The summed E-state index contributed by atoms with van der Waals surface area (Å²) in [5.41, 5.74) is -1.08. The van der Waals surface area contributed by atoms with Crippen LogP contribution in [-0.4, -0.2) is 18.2 Å². The predicted octanol–water partition coefficient (Wildman–Crippen LogP) is 1.07. The molecule has 0 amide bonds. The van der Waals surface area contributed by atoms with Gasteiger partial charge in [-0.1, -0.05) is 36.3 Å². The van der Waals surface area contributed by atoms with E-state index in [1.165, 1.54) is 7.11 Å². The van der Waals surface area contributed by atoms with Gasteiger partial charge in [-0.15, -0.1) is 6.42 Å². The average Bonchev–Trinajstić information content (AvgIpc) is 2.30. The summed E-state index contributed by atoms with van der Waals surface area (Å²) in [6.45, 7) is 0. The van der Waals surface area contributed by atoms with Crippen molar-refractivity contribution in [3.05, 3.63) is 35.9 Å². The SMILES string of the molecule is C#CC(O)(CC(=O)OC)c1ccccc1. The van der Waals surface area contributed by atoms with Crippen LogP contribution in [0.4, 0.5) is 0 Å². The van der Waals surface area contributed by atoms with Crippen molar-refractivity contribution in [2.24, 2.45) is 0 Å². The first kappa shape index (κ1) is 11.3. The minimum Gasteiger partial charge on any atom is -0.469 e. The van der Waals surface area contributed by atoms with Gasteiger partial charge in [0.1, 0.15) is 0 Å². The fourth-order valence-electron chi connectivity index (χ4n) is 1.23.